The van der Waals surface area contributed by atoms with Crippen molar-refractivity contribution in [2.75, 3.05) is 13.7 Å². The highest BCUT2D eigenvalue weighted by molar-refractivity contribution is 5.71. The zero-order valence-corrected chi connectivity index (χ0v) is 16.9. The third-order valence-corrected chi connectivity index (χ3v) is 4.89. The zero-order chi connectivity index (χ0) is 20.0. The number of hydrogen-bond acceptors (Lipinski definition) is 6. The monoisotopic (exact) mass is 382 g/mol. The lowest BCUT2D eigenvalue weighted by atomic mass is 10.0. The van der Waals surface area contributed by atoms with Crippen LogP contribution in [0.3, 0.4) is 0 Å². The summed E-state index contributed by atoms with van der Waals surface area (Å²) in [6.07, 6.45) is 2.02. The van der Waals surface area contributed by atoms with E-state index in [2.05, 4.69) is 28.5 Å². The molecule has 0 spiro atoms. The average molecular weight is 382 g/mol. The Balaban J connectivity index is 1.88. The van der Waals surface area contributed by atoms with Crippen molar-refractivity contribution in [1.29, 1.82) is 0 Å². The molecule has 148 valence electrons. The number of ether oxygens (including phenoxy) is 2. The van der Waals surface area contributed by atoms with Gasteiger partial charge in [0.15, 0.2) is 5.82 Å². The van der Waals surface area contributed by atoms with E-state index in [0.717, 1.165) is 45.8 Å². The number of imidazole rings is 1. The van der Waals surface area contributed by atoms with E-state index < -0.39 is 0 Å². The van der Waals surface area contributed by atoms with Gasteiger partial charge in [0.25, 0.3) is 0 Å². The zero-order valence-electron chi connectivity index (χ0n) is 16.9. The molecule has 8 nitrogen and oxygen atoms in total. The molecule has 1 aromatic carbocycles. The molecule has 2 N–H and O–H groups in total. The Morgan fingerprint density at radius 3 is 2.64 bits per heavy atom. The molecule has 0 saturated carbocycles. The van der Waals surface area contributed by atoms with Gasteiger partial charge in [-0.25, -0.2) is 14.6 Å². The Bertz CT molecular complexity index is 1020. The van der Waals surface area contributed by atoms with Crippen LogP contribution in [0.4, 0.5) is 0 Å². The van der Waals surface area contributed by atoms with Crippen molar-refractivity contribution in [2.24, 2.45) is 5.73 Å². The van der Waals surface area contributed by atoms with Crippen LogP contribution in [0.15, 0.2) is 18.3 Å². The van der Waals surface area contributed by atoms with Crippen LogP contribution in [0.1, 0.15) is 44.2 Å². The molecule has 0 amide bonds. The Labute approximate surface area is 164 Å². The highest BCUT2D eigenvalue weighted by Gasteiger charge is 2.24. The largest absolute Gasteiger partial charge is 0.496 e. The van der Waals surface area contributed by atoms with E-state index in [-0.39, 0.29) is 12.1 Å². The molecule has 1 atom stereocenters. The van der Waals surface area contributed by atoms with E-state index in [4.69, 9.17) is 20.2 Å². The number of nitrogens with two attached hydrogens (primary N) is 1. The molecule has 28 heavy (non-hydrogen) atoms. The molecule has 0 saturated heterocycles. The molecule has 0 aliphatic carbocycles. The second-order valence-electron chi connectivity index (χ2n) is 7.39. The van der Waals surface area contributed by atoms with E-state index in [1.54, 1.807) is 7.11 Å². The van der Waals surface area contributed by atoms with Gasteiger partial charge in [-0.15, -0.1) is 0 Å². The molecule has 0 bridgehead atoms. The first-order chi connectivity index (χ1) is 13.4. The summed E-state index contributed by atoms with van der Waals surface area (Å²) in [5.74, 6) is 3.82. The topological polar surface area (TPSA) is 93.0 Å². The summed E-state index contributed by atoms with van der Waals surface area (Å²) in [5.41, 5.74) is 8.79. The summed E-state index contributed by atoms with van der Waals surface area (Å²) >= 11 is 0. The maximum absolute atomic E-state index is 6.16. The van der Waals surface area contributed by atoms with Crippen molar-refractivity contribution < 1.29 is 9.47 Å². The van der Waals surface area contributed by atoms with Gasteiger partial charge in [0, 0.05) is 29.9 Å². The van der Waals surface area contributed by atoms with Gasteiger partial charge in [-0.3, -0.25) is 0 Å². The van der Waals surface area contributed by atoms with Crippen molar-refractivity contribution in [2.45, 2.75) is 46.3 Å². The van der Waals surface area contributed by atoms with Gasteiger partial charge in [-0.05, 0) is 33.8 Å². The van der Waals surface area contributed by atoms with Crippen molar-refractivity contribution >= 4 is 0 Å². The van der Waals surface area contributed by atoms with E-state index in [9.17, 15) is 0 Å². The summed E-state index contributed by atoms with van der Waals surface area (Å²) in [6, 6.07) is 3.95. The Morgan fingerprint density at radius 2 is 1.96 bits per heavy atom. The number of aromatic nitrogens is 5. The molecule has 1 aliphatic heterocycles. The summed E-state index contributed by atoms with van der Waals surface area (Å²) in [4.78, 5) is 9.52. The fourth-order valence-electron chi connectivity index (χ4n) is 3.53. The average Bonchev–Trinajstić information content (AvgIpc) is 3.20. The van der Waals surface area contributed by atoms with Gasteiger partial charge >= 0.3 is 0 Å². The standard InChI is InChI=1S/C20H26N6O2/c1-11(2)26-20(22-13(4)24-26)16-10-25-6-7-28-18-9-17(27-5)14(12(3)21)8-15(18)19(25)23-16/h8-12H,6-7,21H2,1-5H3/t12-/m1/s1. The molecule has 0 unspecified atom stereocenters. The minimum Gasteiger partial charge on any atom is -0.496 e. The molecular formula is C20H26N6O2. The first-order valence-electron chi connectivity index (χ1n) is 9.50. The van der Waals surface area contributed by atoms with E-state index in [0.29, 0.717) is 13.2 Å². The van der Waals surface area contributed by atoms with Crippen molar-refractivity contribution in [3.63, 3.8) is 0 Å². The van der Waals surface area contributed by atoms with Crippen LogP contribution in [0.2, 0.25) is 0 Å². The van der Waals surface area contributed by atoms with Crippen LogP contribution in [-0.2, 0) is 6.54 Å². The van der Waals surface area contributed by atoms with Crippen LogP contribution in [0.25, 0.3) is 22.9 Å². The molecular weight excluding hydrogens is 356 g/mol. The second-order valence-corrected chi connectivity index (χ2v) is 7.39. The number of nitrogens with zero attached hydrogens (tertiary/aromatic N) is 5. The number of hydrogen-bond donors (Lipinski definition) is 1. The van der Waals surface area contributed by atoms with E-state index in [1.165, 1.54) is 0 Å². The van der Waals surface area contributed by atoms with Gasteiger partial charge in [-0.2, -0.15) is 5.10 Å². The maximum atomic E-state index is 6.16. The lowest BCUT2D eigenvalue weighted by molar-refractivity contribution is 0.304. The van der Waals surface area contributed by atoms with Crippen molar-refractivity contribution in [3.05, 3.63) is 29.7 Å². The number of methoxy groups -OCH3 is 1. The lowest BCUT2D eigenvalue weighted by Crippen LogP contribution is -2.08. The van der Waals surface area contributed by atoms with Crippen LogP contribution < -0.4 is 15.2 Å². The predicted molar refractivity (Wildman–Crippen MR) is 106 cm³/mol. The maximum Gasteiger partial charge on any atom is 0.178 e. The van der Waals surface area contributed by atoms with Gasteiger partial charge < -0.3 is 19.8 Å². The summed E-state index contributed by atoms with van der Waals surface area (Å²) in [7, 11) is 1.64. The Kier molecular flexibility index (Phi) is 4.58. The molecule has 1 aliphatic rings. The smallest absolute Gasteiger partial charge is 0.178 e. The van der Waals surface area contributed by atoms with Crippen molar-refractivity contribution in [1.82, 2.24) is 24.3 Å². The Morgan fingerprint density at radius 1 is 1.18 bits per heavy atom. The van der Waals surface area contributed by atoms with Gasteiger partial charge in [-0.1, -0.05) is 0 Å². The summed E-state index contributed by atoms with van der Waals surface area (Å²) in [6.45, 7) is 9.25. The molecule has 4 rings (SSSR count). The quantitative estimate of drug-likeness (QED) is 0.745. The van der Waals surface area contributed by atoms with E-state index >= 15 is 0 Å². The minimum absolute atomic E-state index is 0.168. The molecule has 0 fully saturated rings. The third kappa shape index (κ3) is 3.03. The Hall–Kier alpha value is -2.87. The van der Waals surface area contributed by atoms with Crippen LogP contribution >= 0.6 is 0 Å². The number of aryl methyl sites for hydroxylation is 1. The van der Waals surface area contributed by atoms with Gasteiger partial charge in [0.2, 0.25) is 0 Å². The lowest BCUT2D eigenvalue weighted by Gasteiger charge is -2.16. The highest BCUT2D eigenvalue weighted by Crippen LogP contribution is 2.39. The normalized spacial score (nSPS) is 14.2. The predicted octanol–water partition coefficient (Wildman–Crippen LogP) is 3.12. The van der Waals surface area contributed by atoms with Crippen LogP contribution in [0, 0.1) is 6.92 Å². The SMILES string of the molecule is COc1cc2c(cc1[C@@H](C)N)-c1nc(-c3nc(C)nn3C(C)C)cn1CCO2. The molecule has 2 aromatic heterocycles. The number of benzene rings is 1. The number of rotatable bonds is 4. The van der Waals surface area contributed by atoms with E-state index in [1.807, 2.05) is 36.9 Å². The highest BCUT2D eigenvalue weighted by atomic mass is 16.5. The van der Waals surface area contributed by atoms with Gasteiger partial charge in [0.1, 0.15) is 35.4 Å². The van der Waals surface area contributed by atoms with Crippen LogP contribution in [-0.4, -0.2) is 38.0 Å². The second kappa shape index (κ2) is 6.94. The summed E-state index contributed by atoms with van der Waals surface area (Å²) < 4.78 is 15.5. The molecule has 0 radical (unpaired) electrons. The first-order valence-corrected chi connectivity index (χ1v) is 9.50. The summed E-state index contributed by atoms with van der Waals surface area (Å²) in [5, 5.41) is 4.51. The first kappa shape index (κ1) is 18.5. The third-order valence-electron chi connectivity index (χ3n) is 4.89. The van der Waals surface area contributed by atoms with Gasteiger partial charge in [0.05, 0.1) is 19.2 Å². The number of fused-ring (bicyclic) bond motifs is 3. The molecule has 3 aromatic rings. The van der Waals surface area contributed by atoms with Crippen LogP contribution in [0.5, 0.6) is 11.5 Å². The molecule has 8 heteroatoms. The molecule has 3 heterocycles. The minimum atomic E-state index is -0.168. The fourth-order valence-corrected chi connectivity index (χ4v) is 3.53. The fraction of sp³-hybridized carbons (Fsp3) is 0.450. The van der Waals surface area contributed by atoms with Crippen molar-refractivity contribution in [3.8, 4) is 34.4 Å².